The van der Waals surface area contributed by atoms with Gasteiger partial charge in [0.05, 0.1) is 24.2 Å². The van der Waals surface area contributed by atoms with E-state index in [0.717, 1.165) is 36.4 Å². The van der Waals surface area contributed by atoms with Crippen molar-refractivity contribution in [1.82, 2.24) is 0 Å². The molecule has 1 fully saturated rings. The van der Waals surface area contributed by atoms with Gasteiger partial charge in [-0.15, -0.1) is 0 Å². The molecular formula is C36H36O17. The number of aromatic hydroxyl groups is 8. The van der Waals surface area contributed by atoms with E-state index in [-0.39, 0.29) is 45.7 Å². The Morgan fingerprint density at radius 3 is 1.74 bits per heavy atom. The third-order valence-electron chi connectivity index (χ3n) is 10.1. The van der Waals surface area contributed by atoms with Gasteiger partial charge in [-0.1, -0.05) is 12.1 Å². The molecule has 3 aliphatic heterocycles. The molecule has 0 aromatic heterocycles. The molecule has 3 aliphatic rings. The monoisotopic (exact) mass is 740 g/mol. The molecule has 14 N–H and O–H groups in total. The van der Waals surface area contributed by atoms with Crippen molar-refractivity contribution in [3.8, 4) is 57.5 Å². The Morgan fingerprint density at radius 1 is 0.528 bits per heavy atom. The molecule has 10 atom stereocenters. The summed E-state index contributed by atoms with van der Waals surface area (Å²) in [4.78, 5) is 0. The minimum absolute atomic E-state index is 0.0453. The fraction of sp³-hybridized carbons (Fsp3) is 0.333. The van der Waals surface area contributed by atoms with Crippen molar-refractivity contribution in [2.45, 2.75) is 67.3 Å². The van der Waals surface area contributed by atoms with Crippen LogP contribution in [-0.2, 0) is 11.2 Å². The molecule has 0 radical (unpaired) electrons. The van der Waals surface area contributed by atoms with Crippen molar-refractivity contribution < 1.29 is 85.7 Å². The predicted molar refractivity (Wildman–Crippen MR) is 176 cm³/mol. The van der Waals surface area contributed by atoms with Crippen LogP contribution in [0.15, 0.2) is 48.5 Å². The number of fused-ring (bicyclic) bond motifs is 2. The molecule has 1 saturated heterocycles. The minimum Gasteiger partial charge on any atom is -0.507 e. The maximum atomic E-state index is 12.2. The molecule has 7 rings (SSSR count). The van der Waals surface area contributed by atoms with Crippen LogP contribution in [0.4, 0.5) is 0 Å². The first-order valence-electron chi connectivity index (χ1n) is 16.3. The molecule has 4 aromatic carbocycles. The number of ether oxygens (including phenoxy) is 3. The number of rotatable bonds is 5. The van der Waals surface area contributed by atoms with Gasteiger partial charge in [-0.05, 0) is 35.4 Å². The standard InChI is InChI=1S/C36H36O17/c37-10-23-28(46)31(49)32(50)36(52-23)25-20(44)9-22-26(29(25)47)27(30(48)34(51-22)12-2-4-15(39)18(42)6-12)24-19(43)8-16(40)13-7-21(45)33(53-35(13)24)11-1-3-14(38)17(41)5-11/h1-6,8-9,21,23,27-28,30-34,36-50H,7,10H2/t21-,23+,27-,28+,30+,31-,32-,33+,34-,36+/m1/s1. The Balaban J connectivity index is 1.46. The zero-order valence-electron chi connectivity index (χ0n) is 27.3. The largest absolute Gasteiger partial charge is 0.507 e. The van der Waals surface area contributed by atoms with E-state index < -0.39 is 119 Å². The van der Waals surface area contributed by atoms with Crippen LogP contribution in [0.2, 0.25) is 0 Å². The first-order chi connectivity index (χ1) is 25.1. The van der Waals surface area contributed by atoms with Crippen LogP contribution in [-0.4, -0.2) is 115 Å². The number of benzene rings is 4. The first kappa shape index (κ1) is 36.0. The van der Waals surface area contributed by atoms with E-state index in [0.29, 0.717) is 0 Å². The Kier molecular flexibility index (Phi) is 8.98. The average Bonchev–Trinajstić information content (AvgIpc) is 3.11. The summed E-state index contributed by atoms with van der Waals surface area (Å²) in [6, 6.07) is 9.03. The number of aliphatic hydroxyl groups excluding tert-OH is 6. The van der Waals surface area contributed by atoms with Gasteiger partial charge < -0.3 is 85.7 Å². The number of aliphatic hydroxyl groups is 6. The highest BCUT2D eigenvalue weighted by Crippen LogP contribution is 2.59. The number of hydrogen-bond acceptors (Lipinski definition) is 17. The highest BCUT2D eigenvalue weighted by atomic mass is 16.5. The average molecular weight is 741 g/mol. The topological polar surface area (TPSA) is 311 Å². The molecule has 0 spiro atoms. The zero-order chi connectivity index (χ0) is 38.2. The maximum absolute atomic E-state index is 12.2. The molecule has 17 heteroatoms. The van der Waals surface area contributed by atoms with Gasteiger partial charge in [0.25, 0.3) is 0 Å². The van der Waals surface area contributed by atoms with E-state index in [4.69, 9.17) is 14.2 Å². The van der Waals surface area contributed by atoms with E-state index in [2.05, 4.69) is 0 Å². The van der Waals surface area contributed by atoms with Crippen LogP contribution in [0, 0.1) is 0 Å². The normalized spacial score (nSPS) is 29.4. The summed E-state index contributed by atoms with van der Waals surface area (Å²) in [5.41, 5.74) is -1.02. The second-order valence-corrected chi connectivity index (χ2v) is 13.3. The van der Waals surface area contributed by atoms with Crippen LogP contribution in [0.3, 0.4) is 0 Å². The van der Waals surface area contributed by atoms with Crippen molar-refractivity contribution in [2.24, 2.45) is 0 Å². The summed E-state index contributed by atoms with van der Waals surface area (Å²) in [5.74, 6) is -7.22. The van der Waals surface area contributed by atoms with E-state index >= 15 is 0 Å². The predicted octanol–water partition coefficient (Wildman–Crippen LogP) is 0.510. The van der Waals surface area contributed by atoms with Crippen LogP contribution >= 0.6 is 0 Å². The van der Waals surface area contributed by atoms with E-state index in [9.17, 15) is 71.5 Å². The molecule has 0 amide bonds. The summed E-state index contributed by atoms with van der Waals surface area (Å²) in [5, 5.41) is 151. The molecule has 3 heterocycles. The number of phenolic OH excluding ortho intramolecular Hbond substituents is 8. The highest BCUT2D eigenvalue weighted by molar-refractivity contribution is 5.68. The van der Waals surface area contributed by atoms with Gasteiger partial charge >= 0.3 is 0 Å². The van der Waals surface area contributed by atoms with Gasteiger partial charge in [0.1, 0.15) is 77.2 Å². The van der Waals surface area contributed by atoms with Crippen molar-refractivity contribution in [3.05, 3.63) is 81.9 Å². The van der Waals surface area contributed by atoms with Crippen molar-refractivity contribution >= 4 is 0 Å². The lowest BCUT2D eigenvalue weighted by molar-refractivity contribution is -0.232. The summed E-state index contributed by atoms with van der Waals surface area (Å²) < 4.78 is 17.9. The molecule has 0 aliphatic carbocycles. The van der Waals surface area contributed by atoms with Gasteiger partial charge in [0.2, 0.25) is 0 Å². The van der Waals surface area contributed by atoms with E-state index in [1.54, 1.807) is 0 Å². The quantitative estimate of drug-likeness (QED) is 0.124. The summed E-state index contributed by atoms with van der Waals surface area (Å²) in [6.07, 6.45) is -15.2. The molecule has 0 bridgehead atoms. The van der Waals surface area contributed by atoms with Crippen LogP contribution in [0.1, 0.15) is 57.6 Å². The molecule has 17 nitrogen and oxygen atoms in total. The highest BCUT2D eigenvalue weighted by Gasteiger charge is 2.50. The fourth-order valence-electron chi connectivity index (χ4n) is 7.38. The second-order valence-electron chi connectivity index (χ2n) is 13.3. The first-order valence-corrected chi connectivity index (χ1v) is 16.3. The summed E-state index contributed by atoms with van der Waals surface area (Å²) in [7, 11) is 0. The number of phenols is 8. The van der Waals surface area contributed by atoms with Gasteiger partial charge in [-0.3, -0.25) is 0 Å². The van der Waals surface area contributed by atoms with Gasteiger partial charge in [0, 0.05) is 35.2 Å². The lowest BCUT2D eigenvalue weighted by Gasteiger charge is -2.42. The van der Waals surface area contributed by atoms with E-state index in [1.165, 1.54) is 12.1 Å². The molecule has 0 unspecified atom stereocenters. The van der Waals surface area contributed by atoms with Crippen LogP contribution in [0.25, 0.3) is 0 Å². The SMILES string of the molecule is OC[C@@H]1O[C@@H](c2c(O)cc3c(c2O)[C@@H](c2c(O)cc(O)c4c2O[C@@H](c2ccc(O)c(O)c2)[C@H](O)C4)[C@H](O)[C@@H](c2ccc(O)c(O)c2)O3)[C@H](O)[C@H](O)[C@H]1O. The Hall–Kier alpha value is -5.40. The molecule has 4 aromatic rings. The lowest BCUT2D eigenvalue weighted by atomic mass is 9.76. The van der Waals surface area contributed by atoms with Crippen LogP contribution < -0.4 is 9.47 Å². The smallest absolute Gasteiger partial charge is 0.157 e. The molecule has 53 heavy (non-hydrogen) atoms. The zero-order valence-corrected chi connectivity index (χ0v) is 27.3. The summed E-state index contributed by atoms with van der Waals surface area (Å²) in [6.45, 7) is -0.837. The van der Waals surface area contributed by atoms with E-state index in [1.807, 2.05) is 0 Å². The maximum Gasteiger partial charge on any atom is 0.157 e. The lowest BCUT2D eigenvalue weighted by Crippen LogP contribution is -2.55. The Morgan fingerprint density at radius 2 is 1.13 bits per heavy atom. The number of hydrogen-bond donors (Lipinski definition) is 14. The van der Waals surface area contributed by atoms with Gasteiger partial charge in [-0.2, -0.15) is 0 Å². The molecular weight excluding hydrogens is 704 g/mol. The van der Waals surface area contributed by atoms with Gasteiger partial charge in [-0.25, -0.2) is 0 Å². The third kappa shape index (κ3) is 5.78. The summed E-state index contributed by atoms with van der Waals surface area (Å²) >= 11 is 0. The van der Waals surface area contributed by atoms with Crippen molar-refractivity contribution in [3.63, 3.8) is 0 Å². The van der Waals surface area contributed by atoms with Crippen LogP contribution in [0.5, 0.6) is 57.5 Å². The Bertz CT molecular complexity index is 2070. The fourth-order valence-corrected chi connectivity index (χ4v) is 7.38. The Labute approximate surface area is 298 Å². The van der Waals surface area contributed by atoms with Crippen molar-refractivity contribution in [1.29, 1.82) is 0 Å². The van der Waals surface area contributed by atoms with Crippen molar-refractivity contribution in [2.75, 3.05) is 6.61 Å². The second kappa shape index (κ2) is 13.2. The minimum atomic E-state index is -1.98. The third-order valence-corrected chi connectivity index (χ3v) is 10.1. The molecule has 0 saturated carbocycles. The molecule has 282 valence electrons. The van der Waals surface area contributed by atoms with Gasteiger partial charge in [0.15, 0.2) is 29.1 Å².